The van der Waals surface area contributed by atoms with Crippen LogP contribution in [0.1, 0.15) is 66.8 Å². The zero-order chi connectivity index (χ0) is 28.0. The molecular formula is C31H41N3O4S. The van der Waals surface area contributed by atoms with Crippen LogP contribution in [0, 0.1) is 19.3 Å². The molecule has 1 aromatic heterocycles. The van der Waals surface area contributed by atoms with Crippen molar-refractivity contribution >= 4 is 23.3 Å². The molecule has 1 N–H and O–H groups in total. The topological polar surface area (TPSA) is 71.1 Å². The molecule has 8 heteroatoms. The number of piperidine rings is 1. The quantitative estimate of drug-likeness (QED) is 0.357. The molecule has 2 aliphatic rings. The summed E-state index contributed by atoms with van der Waals surface area (Å²) < 4.78 is 10.8. The summed E-state index contributed by atoms with van der Waals surface area (Å²) in [5.74, 6) is 3.11. The van der Waals surface area contributed by atoms with Crippen LogP contribution in [-0.2, 0) is 9.47 Å². The van der Waals surface area contributed by atoms with E-state index in [2.05, 4.69) is 46.5 Å². The molecule has 2 aromatic rings. The molecule has 2 saturated heterocycles. The first-order valence-corrected chi connectivity index (χ1v) is 14.7. The van der Waals surface area contributed by atoms with Gasteiger partial charge in [-0.15, -0.1) is 17.8 Å². The van der Waals surface area contributed by atoms with Crippen molar-refractivity contribution < 1.29 is 19.1 Å². The largest absolute Gasteiger partial charge is 0.444 e. The van der Waals surface area contributed by atoms with Crippen molar-refractivity contribution in [1.82, 2.24) is 15.1 Å². The molecule has 0 saturated carbocycles. The van der Waals surface area contributed by atoms with Crippen LogP contribution in [-0.4, -0.2) is 79.4 Å². The molecule has 2 aliphatic heterocycles. The molecule has 1 atom stereocenters. The van der Waals surface area contributed by atoms with E-state index >= 15 is 0 Å². The number of thiophene rings is 1. The van der Waals surface area contributed by atoms with Gasteiger partial charge in [-0.1, -0.05) is 30.2 Å². The van der Waals surface area contributed by atoms with Gasteiger partial charge in [0.15, 0.2) is 0 Å². The summed E-state index contributed by atoms with van der Waals surface area (Å²) in [5.41, 5.74) is 2.97. The molecule has 0 spiro atoms. The Balaban J connectivity index is 1.30. The number of amides is 2. The molecule has 0 bridgehead atoms. The number of carbonyl (C=O) groups is 2. The average Bonchev–Trinajstić information content (AvgIpc) is 3.52. The summed E-state index contributed by atoms with van der Waals surface area (Å²) in [5, 5.41) is 2.90. The zero-order valence-electron chi connectivity index (χ0n) is 23.6. The monoisotopic (exact) mass is 551 g/mol. The summed E-state index contributed by atoms with van der Waals surface area (Å²) in [6.45, 7) is 12.8. The minimum absolute atomic E-state index is 0.0327. The van der Waals surface area contributed by atoms with Gasteiger partial charge in [0, 0.05) is 24.5 Å². The predicted molar refractivity (Wildman–Crippen MR) is 156 cm³/mol. The Labute approximate surface area is 236 Å². The number of ether oxygens (including phenoxy) is 2. The second-order valence-corrected chi connectivity index (χ2v) is 12.6. The van der Waals surface area contributed by atoms with Crippen molar-refractivity contribution in [2.75, 3.05) is 45.9 Å². The smallest absolute Gasteiger partial charge is 0.407 e. The normalized spacial score (nSPS) is 18.6. The summed E-state index contributed by atoms with van der Waals surface area (Å²) in [7, 11) is 0. The first-order valence-electron chi connectivity index (χ1n) is 13.9. The molecule has 0 aliphatic carbocycles. The van der Waals surface area contributed by atoms with Crippen molar-refractivity contribution in [2.45, 2.75) is 64.5 Å². The van der Waals surface area contributed by atoms with E-state index in [9.17, 15) is 9.59 Å². The first-order chi connectivity index (χ1) is 18.6. The van der Waals surface area contributed by atoms with E-state index < -0.39 is 11.7 Å². The van der Waals surface area contributed by atoms with E-state index in [1.807, 2.05) is 32.6 Å². The number of nitrogens with one attached hydrogen (secondary N) is 1. The van der Waals surface area contributed by atoms with Crippen molar-refractivity contribution in [3.05, 3.63) is 46.3 Å². The summed E-state index contributed by atoms with van der Waals surface area (Å²) in [4.78, 5) is 31.6. The van der Waals surface area contributed by atoms with Crippen LogP contribution in [0.15, 0.2) is 30.3 Å². The molecule has 2 amide bonds. The van der Waals surface area contributed by atoms with Gasteiger partial charge < -0.3 is 24.6 Å². The van der Waals surface area contributed by atoms with Gasteiger partial charge in [-0.2, -0.15) is 0 Å². The Hall–Kier alpha value is -2.86. The number of aryl methyl sites for hydroxylation is 1. The van der Waals surface area contributed by atoms with Gasteiger partial charge in [0.25, 0.3) is 5.91 Å². The fourth-order valence-electron chi connectivity index (χ4n) is 5.25. The molecule has 0 unspecified atom stereocenters. The maximum atomic E-state index is 13.3. The number of nitrogens with zero attached hydrogens (tertiary/aromatic N) is 2. The molecule has 39 heavy (non-hydrogen) atoms. The Kier molecular flexibility index (Phi) is 9.71. The van der Waals surface area contributed by atoms with Gasteiger partial charge in [0.2, 0.25) is 0 Å². The number of alkyl carbamates (subject to hydrolysis) is 1. The Morgan fingerprint density at radius 2 is 1.85 bits per heavy atom. The maximum Gasteiger partial charge on any atom is 0.407 e. The first kappa shape index (κ1) is 29.1. The van der Waals surface area contributed by atoms with E-state index in [-0.39, 0.29) is 11.9 Å². The van der Waals surface area contributed by atoms with E-state index in [4.69, 9.17) is 15.9 Å². The SMILES string of the molecule is C#CCOCCN1CCC(c2ccc(-c3cc(C)c(C(=O)N4CC[C@H](NC(=O)OC(C)(C)C)C4)s3)cc2)CC1. The van der Waals surface area contributed by atoms with Gasteiger partial charge >= 0.3 is 6.09 Å². The predicted octanol–water partition coefficient (Wildman–Crippen LogP) is 5.29. The van der Waals surface area contributed by atoms with Gasteiger partial charge in [-0.05, 0) is 88.7 Å². The molecule has 4 rings (SSSR count). The highest BCUT2D eigenvalue weighted by Gasteiger charge is 2.31. The van der Waals surface area contributed by atoms with Crippen LogP contribution in [0.5, 0.6) is 0 Å². The van der Waals surface area contributed by atoms with Gasteiger partial charge in [-0.3, -0.25) is 4.79 Å². The van der Waals surface area contributed by atoms with Crippen LogP contribution in [0.2, 0.25) is 0 Å². The molecular weight excluding hydrogens is 510 g/mol. The number of benzene rings is 1. The molecule has 210 valence electrons. The lowest BCUT2D eigenvalue weighted by molar-refractivity contribution is 0.0502. The summed E-state index contributed by atoms with van der Waals surface area (Å²) >= 11 is 1.55. The lowest BCUT2D eigenvalue weighted by Crippen LogP contribution is -2.41. The highest BCUT2D eigenvalue weighted by molar-refractivity contribution is 7.17. The van der Waals surface area contributed by atoms with E-state index in [0.717, 1.165) is 59.8 Å². The molecule has 3 heterocycles. The highest BCUT2D eigenvalue weighted by atomic mass is 32.1. The Bertz CT molecular complexity index is 1170. The Morgan fingerprint density at radius 3 is 2.51 bits per heavy atom. The third kappa shape index (κ3) is 8.07. The minimum Gasteiger partial charge on any atom is -0.444 e. The number of likely N-dealkylation sites (tertiary alicyclic amines) is 2. The lowest BCUT2D eigenvalue weighted by atomic mass is 9.89. The molecule has 0 radical (unpaired) electrons. The number of rotatable bonds is 8. The fraction of sp³-hybridized carbons (Fsp3) is 0.548. The van der Waals surface area contributed by atoms with Crippen LogP contribution in [0.3, 0.4) is 0 Å². The second-order valence-electron chi connectivity index (χ2n) is 11.5. The van der Waals surface area contributed by atoms with Crippen LogP contribution in [0.4, 0.5) is 4.79 Å². The van der Waals surface area contributed by atoms with Crippen LogP contribution < -0.4 is 5.32 Å². The standard InChI is InChI=1S/C31H41N3O4S/c1-6-18-37-19-17-33-14-11-24(12-15-33)23-7-9-25(10-8-23)27-20-22(2)28(39-27)29(35)34-16-13-26(21-34)32-30(36)38-31(3,4)5/h1,7-10,20,24,26H,11-19,21H2,2-5H3,(H,32,36)/t26-/m0/s1. The third-order valence-corrected chi connectivity index (χ3v) is 8.57. The van der Waals surface area contributed by atoms with Crippen molar-refractivity contribution in [1.29, 1.82) is 0 Å². The van der Waals surface area contributed by atoms with E-state index in [0.29, 0.717) is 32.2 Å². The van der Waals surface area contributed by atoms with Crippen molar-refractivity contribution in [3.8, 4) is 22.8 Å². The zero-order valence-corrected chi connectivity index (χ0v) is 24.4. The van der Waals surface area contributed by atoms with Crippen molar-refractivity contribution in [2.24, 2.45) is 0 Å². The minimum atomic E-state index is -0.545. The van der Waals surface area contributed by atoms with Crippen LogP contribution in [0.25, 0.3) is 10.4 Å². The van der Waals surface area contributed by atoms with Gasteiger partial charge in [0.05, 0.1) is 17.5 Å². The lowest BCUT2D eigenvalue weighted by Gasteiger charge is -2.32. The number of hydrogen-bond donors (Lipinski definition) is 1. The fourth-order valence-corrected chi connectivity index (χ4v) is 6.40. The summed E-state index contributed by atoms with van der Waals surface area (Å²) in [6.07, 6.45) is 7.82. The van der Waals surface area contributed by atoms with E-state index in [1.54, 1.807) is 11.3 Å². The van der Waals surface area contributed by atoms with Crippen LogP contribution >= 0.6 is 11.3 Å². The second kappa shape index (κ2) is 13.0. The highest BCUT2D eigenvalue weighted by Crippen LogP contribution is 2.35. The van der Waals surface area contributed by atoms with E-state index in [1.165, 1.54) is 5.56 Å². The summed E-state index contributed by atoms with van der Waals surface area (Å²) in [6, 6.07) is 10.9. The molecule has 2 fully saturated rings. The molecule has 1 aromatic carbocycles. The molecule has 7 nitrogen and oxygen atoms in total. The number of hydrogen-bond acceptors (Lipinski definition) is 6. The third-order valence-electron chi connectivity index (χ3n) is 7.30. The van der Waals surface area contributed by atoms with Crippen molar-refractivity contribution in [3.63, 3.8) is 0 Å². The van der Waals surface area contributed by atoms with Gasteiger partial charge in [-0.25, -0.2) is 4.79 Å². The average molecular weight is 552 g/mol. The maximum absolute atomic E-state index is 13.3. The van der Waals surface area contributed by atoms with Gasteiger partial charge in [0.1, 0.15) is 12.2 Å². The number of carbonyl (C=O) groups excluding carboxylic acids is 2. The number of terminal acetylenes is 1. The Morgan fingerprint density at radius 1 is 1.13 bits per heavy atom.